The second kappa shape index (κ2) is 5.04. The summed E-state index contributed by atoms with van der Waals surface area (Å²) in [6, 6.07) is 2.61. The van der Waals surface area contributed by atoms with Gasteiger partial charge in [-0.25, -0.2) is 8.78 Å². The van der Waals surface area contributed by atoms with E-state index in [0.29, 0.717) is 12.1 Å². The summed E-state index contributed by atoms with van der Waals surface area (Å²) in [4.78, 5) is 13.9. The van der Waals surface area contributed by atoms with Crippen molar-refractivity contribution in [2.24, 2.45) is 0 Å². The fraction of sp³-hybridized carbons (Fsp3) is 0.500. The minimum Gasteiger partial charge on any atom is -0.336 e. The number of piperidine rings is 1. The molecule has 0 radical (unpaired) electrons. The van der Waals surface area contributed by atoms with Gasteiger partial charge in [-0.3, -0.25) is 4.79 Å². The smallest absolute Gasteiger partial charge is 0.257 e. The molecule has 1 saturated heterocycles. The lowest BCUT2D eigenvalue weighted by atomic mass is 10.0. The third-order valence-corrected chi connectivity index (χ3v) is 3.47. The zero-order chi connectivity index (χ0) is 13.3. The van der Waals surface area contributed by atoms with Gasteiger partial charge in [0.2, 0.25) is 0 Å². The number of likely N-dealkylation sites (tertiary alicyclic amines) is 1. The number of nitrogens with zero attached hydrogens (tertiary/aromatic N) is 1. The summed E-state index contributed by atoms with van der Waals surface area (Å²) in [5.74, 6) is -2.39. The zero-order valence-electron chi connectivity index (χ0n) is 10.7. The number of carbonyl (C=O) groups excluding carboxylic acids is 1. The Labute approximate surface area is 106 Å². The molecular weight excluding hydrogens is 236 g/mol. The van der Waals surface area contributed by atoms with Crippen LogP contribution in [0.25, 0.3) is 0 Å². The van der Waals surface area contributed by atoms with Crippen LogP contribution in [-0.2, 0) is 0 Å². The number of hydrogen-bond acceptors (Lipinski definition) is 1. The van der Waals surface area contributed by atoms with Crippen molar-refractivity contribution in [1.29, 1.82) is 0 Å². The van der Waals surface area contributed by atoms with E-state index in [1.54, 1.807) is 11.8 Å². The number of halogens is 2. The van der Waals surface area contributed by atoms with E-state index in [0.717, 1.165) is 25.3 Å². The van der Waals surface area contributed by atoms with Gasteiger partial charge in [-0.1, -0.05) is 0 Å². The molecule has 0 unspecified atom stereocenters. The topological polar surface area (TPSA) is 20.3 Å². The van der Waals surface area contributed by atoms with E-state index in [2.05, 4.69) is 0 Å². The van der Waals surface area contributed by atoms with Gasteiger partial charge in [0.1, 0.15) is 0 Å². The Morgan fingerprint density at radius 3 is 2.72 bits per heavy atom. The van der Waals surface area contributed by atoms with Gasteiger partial charge >= 0.3 is 0 Å². The first-order valence-corrected chi connectivity index (χ1v) is 6.27. The molecule has 1 heterocycles. The highest BCUT2D eigenvalue weighted by atomic mass is 19.2. The molecule has 18 heavy (non-hydrogen) atoms. The van der Waals surface area contributed by atoms with E-state index in [9.17, 15) is 13.6 Å². The fourth-order valence-corrected chi connectivity index (χ4v) is 2.43. The summed E-state index contributed by atoms with van der Waals surface area (Å²) in [5, 5.41) is 0. The summed E-state index contributed by atoms with van der Waals surface area (Å²) in [5.41, 5.74) is 0.406. The molecule has 0 spiro atoms. The summed E-state index contributed by atoms with van der Waals surface area (Å²) < 4.78 is 27.0. The van der Waals surface area contributed by atoms with Crippen LogP contribution in [0.5, 0.6) is 0 Å². The molecule has 1 aromatic carbocycles. The number of benzene rings is 1. The van der Waals surface area contributed by atoms with Crippen molar-refractivity contribution in [2.45, 2.75) is 39.2 Å². The first-order chi connectivity index (χ1) is 8.50. The molecule has 1 aliphatic rings. The maximum atomic E-state index is 13.7. The SMILES string of the molecule is Cc1cc(F)c(F)c(C(=O)N2CCCC[C@H]2C)c1. The van der Waals surface area contributed by atoms with Crippen molar-refractivity contribution in [1.82, 2.24) is 4.90 Å². The fourth-order valence-electron chi connectivity index (χ4n) is 2.43. The Hall–Kier alpha value is -1.45. The van der Waals surface area contributed by atoms with Crippen LogP contribution >= 0.6 is 0 Å². The van der Waals surface area contributed by atoms with Gasteiger partial charge in [-0.2, -0.15) is 0 Å². The highest BCUT2D eigenvalue weighted by molar-refractivity contribution is 5.95. The Kier molecular flexibility index (Phi) is 3.64. The third-order valence-electron chi connectivity index (χ3n) is 3.47. The second-order valence-electron chi connectivity index (χ2n) is 4.95. The van der Waals surface area contributed by atoms with E-state index < -0.39 is 17.5 Å². The Balaban J connectivity index is 2.33. The van der Waals surface area contributed by atoms with E-state index in [1.165, 1.54) is 6.07 Å². The normalized spacial score (nSPS) is 20.0. The summed E-state index contributed by atoms with van der Waals surface area (Å²) in [7, 11) is 0. The van der Waals surface area contributed by atoms with Crippen LogP contribution in [0.1, 0.15) is 42.1 Å². The minimum absolute atomic E-state index is 0.0919. The van der Waals surface area contributed by atoms with Gasteiger partial charge in [-0.15, -0.1) is 0 Å². The van der Waals surface area contributed by atoms with Crippen molar-refractivity contribution in [3.8, 4) is 0 Å². The van der Waals surface area contributed by atoms with Gasteiger partial charge in [0.05, 0.1) is 5.56 Å². The van der Waals surface area contributed by atoms with E-state index >= 15 is 0 Å². The molecule has 2 rings (SSSR count). The molecule has 98 valence electrons. The summed E-state index contributed by atoms with van der Waals surface area (Å²) >= 11 is 0. The molecule has 0 aliphatic carbocycles. The average molecular weight is 253 g/mol. The van der Waals surface area contributed by atoms with Crippen molar-refractivity contribution >= 4 is 5.91 Å². The van der Waals surface area contributed by atoms with Crippen LogP contribution in [0.2, 0.25) is 0 Å². The van der Waals surface area contributed by atoms with Crippen molar-refractivity contribution in [3.63, 3.8) is 0 Å². The third kappa shape index (κ3) is 2.37. The average Bonchev–Trinajstić information content (AvgIpc) is 2.33. The van der Waals surface area contributed by atoms with Gasteiger partial charge in [-0.05, 0) is 50.8 Å². The number of aryl methyl sites for hydroxylation is 1. The van der Waals surface area contributed by atoms with E-state index in [-0.39, 0.29) is 11.6 Å². The molecular formula is C14H17F2NO. The van der Waals surface area contributed by atoms with Crippen LogP contribution in [0, 0.1) is 18.6 Å². The van der Waals surface area contributed by atoms with Crippen molar-refractivity contribution in [3.05, 3.63) is 34.9 Å². The predicted molar refractivity (Wildman–Crippen MR) is 65.4 cm³/mol. The molecule has 1 aliphatic heterocycles. The molecule has 0 saturated carbocycles. The van der Waals surface area contributed by atoms with E-state index in [1.807, 2.05) is 6.92 Å². The Bertz CT molecular complexity index is 473. The molecule has 1 amide bonds. The minimum atomic E-state index is -1.04. The number of carbonyl (C=O) groups is 1. The highest BCUT2D eigenvalue weighted by Gasteiger charge is 2.27. The zero-order valence-corrected chi connectivity index (χ0v) is 10.7. The number of amides is 1. The first-order valence-electron chi connectivity index (χ1n) is 6.27. The van der Waals surface area contributed by atoms with Gasteiger partial charge in [0.15, 0.2) is 11.6 Å². The maximum Gasteiger partial charge on any atom is 0.257 e. The number of rotatable bonds is 1. The number of hydrogen-bond donors (Lipinski definition) is 0. The maximum absolute atomic E-state index is 13.7. The van der Waals surface area contributed by atoms with Crippen LogP contribution in [0.4, 0.5) is 8.78 Å². The lowest BCUT2D eigenvalue weighted by Crippen LogP contribution is -2.42. The van der Waals surface area contributed by atoms with Crippen LogP contribution in [0.15, 0.2) is 12.1 Å². The summed E-state index contributed by atoms with van der Waals surface area (Å²) in [6.07, 6.45) is 2.92. The van der Waals surface area contributed by atoms with Crippen LogP contribution < -0.4 is 0 Å². The van der Waals surface area contributed by atoms with Crippen LogP contribution in [0.3, 0.4) is 0 Å². The lowest BCUT2D eigenvalue weighted by Gasteiger charge is -2.33. The molecule has 1 atom stereocenters. The van der Waals surface area contributed by atoms with Gasteiger partial charge < -0.3 is 4.90 Å². The predicted octanol–water partition coefficient (Wildman–Crippen LogP) is 3.29. The van der Waals surface area contributed by atoms with Crippen LogP contribution in [-0.4, -0.2) is 23.4 Å². The van der Waals surface area contributed by atoms with Gasteiger partial charge in [0, 0.05) is 12.6 Å². The molecule has 4 heteroatoms. The van der Waals surface area contributed by atoms with Gasteiger partial charge in [0.25, 0.3) is 5.91 Å². The first kappa shape index (κ1) is 13.0. The molecule has 0 N–H and O–H groups in total. The molecule has 2 nitrogen and oxygen atoms in total. The highest BCUT2D eigenvalue weighted by Crippen LogP contribution is 2.22. The Morgan fingerprint density at radius 2 is 2.06 bits per heavy atom. The molecule has 1 aromatic rings. The lowest BCUT2D eigenvalue weighted by molar-refractivity contribution is 0.0629. The van der Waals surface area contributed by atoms with Crippen molar-refractivity contribution in [2.75, 3.05) is 6.54 Å². The quantitative estimate of drug-likeness (QED) is 0.752. The Morgan fingerprint density at radius 1 is 1.33 bits per heavy atom. The van der Waals surface area contributed by atoms with E-state index in [4.69, 9.17) is 0 Å². The standard InChI is InChI=1S/C14H17F2NO/c1-9-7-11(13(16)12(15)8-9)14(18)17-6-4-3-5-10(17)2/h7-8,10H,3-6H2,1-2H3/t10-/m1/s1. The molecule has 0 bridgehead atoms. The monoisotopic (exact) mass is 253 g/mol. The summed E-state index contributed by atoms with van der Waals surface area (Å²) in [6.45, 7) is 4.22. The second-order valence-corrected chi connectivity index (χ2v) is 4.95. The van der Waals surface area contributed by atoms with Crippen molar-refractivity contribution < 1.29 is 13.6 Å². The molecule has 1 fully saturated rings. The largest absolute Gasteiger partial charge is 0.336 e. The molecule has 0 aromatic heterocycles.